The second-order valence-electron chi connectivity index (χ2n) is 5.31. The van der Waals surface area contributed by atoms with Crippen LogP contribution in [0.5, 0.6) is 0 Å². The number of nitrogens with zero attached hydrogens (tertiary/aromatic N) is 3. The van der Waals surface area contributed by atoms with Gasteiger partial charge in [0.2, 0.25) is 0 Å². The Labute approximate surface area is 143 Å². The highest BCUT2D eigenvalue weighted by Gasteiger charge is 2.21. The molecule has 0 aromatic carbocycles. The van der Waals surface area contributed by atoms with Gasteiger partial charge < -0.3 is 0 Å². The van der Waals surface area contributed by atoms with Gasteiger partial charge in [-0.1, -0.05) is 39.1 Å². The van der Waals surface area contributed by atoms with Gasteiger partial charge in [0.25, 0.3) is 0 Å². The van der Waals surface area contributed by atoms with Crippen molar-refractivity contribution in [2.75, 3.05) is 5.33 Å². The maximum absolute atomic E-state index is 5.63. The second-order valence-corrected chi connectivity index (χ2v) is 6.75. The molecule has 2 saturated carbocycles. The van der Waals surface area contributed by atoms with Crippen LogP contribution in [0.4, 0.5) is 0 Å². The van der Waals surface area contributed by atoms with Crippen molar-refractivity contribution in [1.29, 1.82) is 0 Å². The molecule has 2 heterocycles. The maximum Gasteiger partial charge on any atom is 0.151 e. The van der Waals surface area contributed by atoms with Crippen LogP contribution >= 0.6 is 39.1 Å². The Morgan fingerprint density at radius 1 is 1.19 bits per heavy atom. The van der Waals surface area contributed by atoms with Crippen LogP contribution in [0.15, 0.2) is 24.5 Å². The molecule has 1 N–H and O–H groups in total. The Balaban J connectivity index is 0.000000126. The van der Waals surface area contributed by atoms with E-state index in [-0.39, 0.29) is 0 Å². The molecule has 2 aliphatic carbocycles. The zero-order valence-electron chi connectivity index (χ0n) is 11.7. The first-order chi connectivity index (χ1) is 10.2. The molecule has 2 aromatic heterocycles. The summed E-state index contributed by atoms with van der Waals surface area (Å²) in [4.78, 5) is 0. The molecule has 2 aromatic rings. The molecule has 0 spiro atoms. The summed E-state index contributed by atoms with van der Waals surface area (Å²) in [6.07, 6.45) is 9.18. The predicted octanol–water partition coefficient (Wildman–Crippen LogP) is 4.80. The third-order valence-electron chi connectivity index (χ3n) is 3.13. The molecule has 0 atom stereocenters. The maximum atomic E-state index is 5.63. The molecule has 0 radical (unpaired) electrons. The number of rotatable bonds is 3. The van der Waals surface area contributed by atoms with Crippen molar-refractivity contribution < 1.29 is 0 Å². The monoisotopic (exact) mass is 392 g/mol. The summed E-state index contributed by atoms with van der Waals surface area (Å²) in [5.74, 6) is 1.92. The molecule has 7 heteroatoms. The minimum atomic E-state index is 0.579. The molecule has 4 nitrogen and oxygen atoms in total. The van der Waals surface area contributed by atoms with Crippen molar-refractivity contribution in [2.45, 2.75) is 32.2 Å². The van der Waals surface area contributed by atoms with Gasteiger partial charge in [0, 0.05) is 18.1 Å². The molecule has 116 valence electrons. The van der Waals surface area contributed by atoms with Crippen molar-refractivity contribution in [1.82, 2.24) is 20.0 Å². The summed E-state index contributed by atoms with van der Waals surface area (Å²) in [7, 11) is 0. The van der Waals surface area contributed by atoms with Crippen LogP contribution in [0.1, 0.15) is 25.7 Å². The van der Waals surface area contributed by atoms with Gasteiger partial charge in [-0.25, -0.2) is 0 Å². The number of halogens is 3. The van der Waals surface area contributed by atoms with Crippen LogP contribution in [0.2, 0.25) is 10.3 Å². The third kappa shape index (κ3) is 7.88. The molecule has 0 aliphatic heterocycles. The largest absolute Gasteiger partial charge is 0.271 e. The topological polar surface area (TPSA) is 46.5 Å². The van der Waals surface area contributed by atoms with Gasteiger partial charge in [-0.05, 0) is 49.7 Å². The second kappa shape index (κ2) is 8.81. The zero-order chi connectivity index (χ0) is 15.1. The summed E-state index contributed by atoms with van der Waals surface area (Å²) < 4.78 is 1.92. The molecular weight excluding hydrogens is 375 g/mol. The number of aromatic amines is 1. The minimum Gasteiger partial charge on any atom is -0.271 e. The van der Waals surface area contributed by atoms with Crippen LogP contribution in [0, 0.1) is 11.8 Å². The number of aromatic nitrogens is 4. The molecular formula is C14H19BrCl2N4. The molecule has 21 heavy (non-hydrogen) atoms. The van der Waals surface area contributed by atoms with Crippen molar-refractivity contribution in [2.24, 2.45) is 11.8 Å². The Morgan fingerprint density at radius 2 is 1.90 bits per heavy atom. The molecule has 2 fully saturated rings. The Morgan fingerprint density at radius 3 is 2.19 bits per heavy atom. The Hall–Kier alpha value is -0.520. The van der Waals surface area contributed by atoms with E-state index in [1.807, 2.05) is 16.9 Å². The molecule has 0 saturated heterocycles. The predicted molar refractivity (Wildman–Crippen MR) is 90.1 cm³/mol. The van der Waals surface area contributed by atoms with E-state index >= 15 is 0 Å². The highest BCUT2D eigenvalue weighted by atomic mass is 79.9. The van der Waals surface area contributed by atoms with E-state index in [4.69, 9.17) is 23.2 Å². The van der Waals surface area contributed by atoms with Crippen molar-refractivity contribution in [3.8, 4) is 0 Å². The van der Waals surface area contributed by atoms with Crippen LogP contribution in [0.25, 0.3) is 0 Å². The molecule has 0 amide bonds. The van der Waals surface area contributed by atoms with E-state index in [0.29, 0.717) is 10.3 Å². The van der Waals surface area contributed by atoms with Crippen molar-refractivity contribution in [3.05, 3.63) is 34.8 Å². The van der Waals surface area contributed by atoms with Crippen molar-refractivity contribution >= 4 is 39.1 Å². The van der Waals surface area contributed by atoms with Crippen LogP contribution in [-0.4, -0.2) is 25.3 Å². The smallest absolute Gasteiger partial charge is 0.151 e. The number of nitrogens with one attached hydrogen (secondary N) is 1. The van der Waals surface area contributed by atoms with Gasteiger partial charge in [-0.3, -0.25) is 9.78 Å². The van der Waals surface area contributed by atoms with Crippen LogP contribution in [0.3, 0.4) is 0 Å². The number of alkyl halides is 1. The zero-order valence-corrected chi connectivity index (χ0v) is 14.8. The van der Waals surface area contributed by atoms with Gasteiger partial charge in [0.1, 0.15) is 5.15 Å². The summed E-state index contributed by atoms with van der Waals surface area (Å²) in [5, 5.41) is 12.6. The van der Waals surface area contributed by atoms with E-state index in [2.05, 4.69) is 31.2 Å². The lowest BCUT2D eigenvalue weighted by atomic mass is 10.4. The van der Waals surface area contributed by atoms with E-state index in [0.717, 1.165) is 18.4 Å². The first kappa shape index (κ1) is 16.8. The summed E-state index contributed by atoms with van der Waals surface area (Å²) in [5.41, 5.74) is 0. The van der Waals surface area contributed by atoms with E-state index in [1.54, 1.807) is 12.3 Å². The van der Waals surface area contributed by atoms with Crippen LogP contribution < -0.4 is 0 Å². The third-order valence-corrected chi connectivity index (χ3v) is 4.46. The fourth-order valence-electron chi connectivity index (χ4n) is 1.51. The number of hydrogen-bond acceptors (Lipinski definition) is 2. The van der Waals surface area contributed by atoms with E-state index in [9.17, 15) is 0 Å². The van der Waals surface area contributed by atoms with Gasteiger partial charge in [-0.2, -0.15) is 10.2 Å². The number of hydrogen-bond donors (Lipinski definition) is 1. The quantitative estimate of drug-likeness (QED) is 0.761. The lowest BCUT2D eigenvalue weighted by Crippen LogP contribution is -1.99. The summed E-state index contributed by atoms with van der Waals surface area (Å²) in [6, 6.07) is 3.51. The normalized spacial score (nSPS) is 16.5. The average molecular weight is 394 g/mol. The SMILES string of the molecule is BrCC1CC1.Clc1ccn(CC2CC2)n1.Clc1ccn[nH]1. The standard InChI is InChI=1S/C7H9ClN2.C4H7Br.C3H3ClN2/c8-7-3-4-10(9-7)5-6-1-2-6;5-3-4-1-2-4;4-3-1-2-5-6-3/h3-4,6H,1-2,5H2;4H,1-3H2;1-2H,(H,5,6). The summed E-state index contributed by atoms with van der Waals surface area (Å²) in [6.45, 7) is 1.05. The lowest BCUT2D eigenvalue weighted by molar-refractivity contribution is 0.563. The lowest BCUT2D eigenvalue weighted by Gasteiger charge is -1.95. The van der Waals surface area contributed by atoms with Gasteiger partial charge in [0.15, 0.2) is 5.15 Å². The summed E-state index contributed by atoms with van der Waals surface area (Å²) >= 11 is 14.3. The molecule has 0 bridgehead atoms. The highest BCUT2D eigenvalue weighted by molar-refractivity contribution is 9.09. The average Bonchev–Trinajstić information content (AvgIpc) is 3.38. The first-order valence-electron chi connectivity index (χ1n) is 7.07. The van der Waals surface area contributed by atoms with E-state index < -0.39 is 0 Å². The first-order valence-corrected chi connectivity index (χ1v) is 8.95. The van der Waals surface area contributed by atoms with Gasteiger partial charge in [-0.15, -0.1) is 0 Å². The van der Waals surface area contributed by atoms with E-state index in [1.165, 1.54) is 31.0 Å². The fraction of sp³-hybridized carbons (Fsp3) is 0.571. The minimum absolute atomic E-state index is 0.579. The van der Waals surface area contributed by atoms with Crippen LogP contribution in [-0.2, 0) is 6.54 Å². The van der Waals surface area contributed by atoms with Gasteiger partial charge >= 0.3 is 0 Å². The van der Waals surface area contributed by atoms with Gasteiger partial charge in [0.05, 0.1) is 6.20 Å². The molecule has 0 unspecified atom stereocenters. The Bertz CT molecular complexity index is 507. The Kier molecular flexibility index (Phi) is 7.07. The number of H-pyrrole nitrogens is 1. The highest BCUT2D eigenvalue weighted by Crippen LogP contribution is 2.30. The van der Waals surface area contributed by atoms with Crippen molar-refractivity contribution in [3.63, 3.8) is 0 Å². The molecule has 4 rings (SSSR count). The fourth-order valence-corrected chi connectivity index (χ4v) is 2.42. The molecule has 2 aliphatic rings.